The van der Waals surface area contributed by atoms with Gasteiger partial charge in [0.25, 0.3) is 0 Å². The van der Waals surface area contributed by atoms with Crippen LogP contribution in [-0.4, -0.2) is 4.98 Å². The molecule has 0 aliphatic rings. The molecule has 0 saturated carbocycles. The van der Waals surface area contributed by atoms with E-state index >= 15 is 0 Å². The fourth-order valence-electron chi connectivity index (χ4n) is 1.41. The molecule has 0 N–H and O–H groups in total. The van der Waals surface area contributed by atoms with E-state index in [0.29, 0.717) is 5.56 Å². The SMILES string of the molecule is FC(F)(F)c1nc(-c2ccccc2)ccc1Cl. The van der Waals surface area contributed by atoms with E-state index in [2.05, 4.69) is 4.98 Å². The van der Waals surface area contributed by atoms with Crippen LogP contribution in [0.3, 0.4) is 0 Å². The standard InChI is InChI=1S/C12H7ClF3N/c13-9-6-7-10(8-4-2-1-3-5-8)17-11(9)12(14,15)16/h1-7H. The Balaban J connectivity index is 2.53. The zero-order valence-corrected chi connectivity index (χ0v) is 9.26. The van der Waals surface area contributed by atoms with Crippen molar-refractivity contribution in [2.24, 2.45) is 0 Å². The summed E-state index contributed by atoms with van der Waals surface area (Å²) in [6, 6.07) is 11.3. The van der Waals surface area contributed by atoms with Gasteiger partial charge in [0.1, 0.15) is 0 Å². The fourth-order valence-corrected chi connectivity index (χ4v) is 1.62. The Kier molecular flexibility index (Phi) is 3.07. The predicted octanol–water partition coefficient (Wildman–Crippen LogP) is 4.42. The lowest BCUT2D eigenvalue weighted by molar-refractivity contribution is -0.141. The maximum absolute atomic E-state index is 12.6. The zero-order valence-electron chi connectivity index (χ0n) is 8.50. The second-order valence-electron chi connectivity index (χ2n) is 3.39. The summed E-state index contributed by atoms with van der Waals surface area (Å²) in [5.74, 6) is 0. The molecular formula is C12H7ClF3N. The molecular weight excluding hydrogens is 251 g/mol. The molecule has 0 fully saturated rings. The van der Waals surface area contributed by atoms with Crippen molar-refractivity contribution in [3.05, 3.63) is 53.2 Å². The molecule has 1 aromatic carbocycles. The topological polar surface area (TPSA) is 12.9 Å². The molecule has 1 aromatic heterocycles. The first-order chi connectivity index (χ1) is 7.98. The maximum atomic E-state index is 12.6. The van der Waals surface area contributed by atoms with E-state index in [-0.39, 0.29) is 5.69 Å². The van der Waals surface area contributed by atoms with Gasteiger partial charge < -0.3 is 0 Å². The van der Waals surface area contributed by atoms with E-state index in [4.69, 9.17) is 11.6 Å². The molecule has 0 aliphatic carbocycles. The average Bonchev–Trinajstić information content (AvgIpc) is 2.29. The molecule has 2 aromatic rings. The molecule has 2 rings (SSSR count). The van der Waals surface area contributed by atoms with Crippen LogP contribution in [0.1, 0.15) is 5.69 Å². The van der Waals surface area contributed by atoms with E-state index < -0.39 is 16.9 Å². The van der Waals surface area contributed by atoms with Crippen LogP contribution in [0.15, 0.2) is 42.5 Å². The highest BCUT2D eigenvalue weighted by atomic mass is 35.5. The van der Waals surface area contributed by atoms with Crippen molar-refractivity contribution in [3.63, 3.8) is 0 Å². The summed E-state index contributed by atoms with van der Waals surface area (Å²) in [7, 11) is 0. The molecule has 88 valence electrons. The zero-order chi connectivity index (χ0) is 12.5. The number of benzene rings is 1. The molecule has 0 saturated heterocycles. The van der Waals surface area contributed by atoms with Crippen LogP contribution in [0, 0.1) is 0 Å². The number of hydrogen-bond donors (Lipinski definition) is 0. The highest BCUT2D eigenvalue weighted by Crippen LogP contribution is 2.34. The molecule has 0 amide bonds. The first kappa shape index (κ1) is 11.9. The lowest BCUT2D eigenvalue weighted by Crippen LogP contribution is -2.09. The third-order valence-corrected chi connectivity index (χ3v) is 2.49. The molecule has 1 nitrogen and oxygen atoms in total. The Hall–Kier alpha value is -1.55. The predicted molar refractivity (Wildman–Crippen MR) is 59.7 cm³/mol. The van der Waals surface area contributed by atoms with Crippen molar-refractivity contribution < 1.29 is 13.2 Å². The summed E-state index contributed by atoms with van der Waals surface area (Å²) in [4.78, 5) is 3.56. The van der Waals surface area contributed by atoms with Gasteiger partial charge in [0.2, 0.25) is 0 Å². The van der Waals surface area contributed by atoms with Gasteiger partial charge in [-0.2, -0.15) is 13.2 Å². The van der Waals surface area contributed by atoms with Crippen molar-refractivity contribution in [3.8, 4) is 11.3 Å². The van der Waals surface area contributed by atoms with Crippen LogP contribution in [-0.2, 0) is 6.18 Å². The minimum Gasteiger partial charge on any atom is -0.242 e. The molecule has 5 heteroatoms. The second kappa shape index (κ2) is 4.37. The van der Waals surface area contributed by atoms with E-state index in [1.54, 1.807) is 30.3 Å². The third-order valence-electron chi connectivity index (χ3n) is 2.18. The van der Waals surface area contributed by atoms with Gasteiger partial charge >= 0.3 is 6.18 Å². The van der Waals surface area contributed by atoms with Gasteiger partial charge in [0, 0.05) is 5.56 Å². The molecule has 1 heterocycles. The Bertz CT molecular complexity index is 523. The van der Waals surface area contributed by atoms with Gasteiger partial charge in [-0.1, -0.05) is 41.9 Å². The van der Waals surface area contributed by atoms with Crippen molar-refractivity contribution in [2.45, 2.75) is 6.18 Å². The van der Waals surface area contributed by atoms with E-state index in [9.17, 15) is 13.2 Å². The summed E-state index contributed by atoms with van der Waals surface area (Å²) in [5, 5.41) is -0.391. The highest BCUT2D eigenvalue weighted by Gasteiger charge is 2.35. The summed E-state index contributed by atoms with van der Waals surface area (Å²) < 4.78 is 37.8. The molecule has 0 atom stereocenters. The highest BCUT2D eigenvalue weighted by molar-refractivity contribution is 6.31. The lowest BCUT2D eigenvalue weighted by atomic mass is 10.1. The normalized spacial score (nSPS) is 11.5. The molecule has 0 aliphatic heterocycles. The Morgan fingerprint density at radius 2 is 1.59 bits per heavy atom. The fraction of sp³-hybridized carbons (Fsp3) is 0.0833. The number of nitrogens with zero attached hydrogens (tertiary/aromatic N) is 1. The van der Waals surface area contributed by atoms with Gasteiger partial charge in [-0.05, 0) is 12.1 Å². The first-order valence-electron chi connectivity index (χ1n) is 4.77. The van der Waals surface area contributed by atoms with Crippen LogP contribution >= 0.6 is 11.6 Å². The summed E-state index contributed by atoms with van der Waals surface area (Å²) in [6.45, 7) is 0. The van der Waals surface area contributed by atoms with Gasteiger partial charge in [-0.15, -0.1) is 0 Å². The maximum Gasteiger partial charge on any atom is 0.434 e. The molecule has 0 radical (unpaired) electrons. The monoisotopic (exact) mass is 257 g/mol. The van der Waals surface area contributed by atoms with Gasteiger partial charge in [0.05, 0.1) is 10.7 Å². The van der Waals surface area contributed by atoms with Crippen LogP contribution < -0.4 is 0 Å². The van der Waals surface area contributed by atoms with Gasteiger partial charge in [-0.3, -0.25) is 0 Å². The Morgan fingerprint density at radius 1 is 0.941 bits per heavy atom. The van der Waals surface area contributed by atoms with E-state index in [1.165, 1.54) is 12.1 Å². The summed E-state index contributed by atoms with van der Waals surface area (Å²) in [5.41, 5.74) is -0.183. The van der Waals surface area contributed by atoms with Crippen LogP contribution in [0.5, 0.6) is 0 Å². The molecule has 0 spiro atoms. The smallest absolute Gasteiger partial charge is 0.242 e. The number of rotatable bonds is 1. The summed E-state index contributed by atoms with van der Waals surface area (Å²) in [6.07, 6.45) is -4.54. The van der Waals surface area contributed by atoms with Gasteiger partial charge in [0.15, 0.2) is 5.69 Å². The lowest BCUT2D eigenvalue weighted by Gasteiger charge is -2.09. The number of hydrogen-bond acceptors (Lipinski definition) is 1. The second-order valence-corrected chi connectivity index (χ2v) is 3.80. The van der Waals surface area contributed by atoms with Crippen molar-refractivity contribution in [1.29, 1.82) is 0 Å². The minimum absolute atomic E-state index is 0.252. The minimum atomic E-state index is -4.54. The number of pyridine rings is 1. The molecule has 0 bridgehead atoms. The van der Waals surface area contributed by atoms with Crippen molar-refractivity contribution >= 4 is 11.6 Å². The van der Waals surface area contributed by atoms with Crippen LogP contribution in [0.4, 0.5) is 13.2 Å². The third kappa shape index (κ3) is 2.58. The number of halogens is 4. The number of alkyl halides is 3. The van der Waals surface area contributed by atoms with Crippen molar-refractivity contribution in [1.82, 2.24) is 4.98 Å². The first-order valence-corrected chi connectivity index (χ1v) is 5.15. The Labute approximate surface area is 101 Å². The molecule has 0 unspecified atom stereocenters. The largest absolute Gasteiger partial charge is 0.434 e. The average molecular weight is 258 g/mol. The summed E-state index contributed by atoms with van der Waals surface area (Å²) >= 11 is 5.49. The number of aromatic nitrogens is 1. The van der Waals surface area contributed by atoms with E-state index in [0.717, 1.165) is 0 Å². The van der Waals surface area contributed by atoms with Crippen molar-refractivity contribution in [2.75, 3.05) is 0 Å². The van der Waals surface area contributed by atoms with Gasteiger partial charge in [-0.25, -0.2) is 4.98 Å². The Morgan fingerprint density at radius 3 is 2.18 bits per heavy atom. The molecule has 17 heavy (non-hydrogen) atoms. The van der Waals surface area contributed by atoms with Crippen LogP contribution in [0.25, 0.3) is 11.3 Å². The van der Waals surface area contributed by atoms with E-state index in [1.807, 2.05) is 0 Å². The van der Waals surface area contributed by atoms with Crippen LogP contribution in [0.2, 0.25) is 5.02 Å². The quantitative estimate of drug-likeness (QED) is 0.737.